The maximum Gasteiger partial charge on any atom is 0.166 e. The minimum atomic E-state index is -0.847. The molecule has 0 radical (unpaired) electrons. The van der Waals surface area contributed by atoms with E-state index < -0.39 is 6.23 Å². The summed E-state index contributed by atoms with van der Waals surface area (Å²) in [5.74, 6) is 0.381. The molecule has 0 rings (SSSR count). The average Bonchev–Trinajstić information content (AvgIpc) is 2.35. The average molecular weight is 267 g/mol. The van der Waals surface area contributed by atoms with Gasteiger partial charge in [-0.15, -0.1) is 6.58 Å². The van der Waals surface area contributed by atoms with Gasteiger partial charge in [-0.3, -0.25) is 0 Å². The maximum absolute atomic E-state index is 9.48. The first kappa shape index (κ1) is 17.9. The highest BCUT2D eigenvalue weighted by Crippen LogP contribution is 2.01. The molecular formula is C15H29N3O. The Labute approximate surface area is 117 Å². The Balaban J connectivity index is 3.83. The van der Waals surface area contributed by atoms with Gasteiger partial charge in [-0.05, 0) is 32.4 Å². The van der Waals surface area contributed by atoms with Crippen LogP contribution in [0.15, 0.2) is 29.8 Å². The van der Waals surface area contributed by atoms with Crippen LogP contribution in [0.25, 0.3) is 0 Å². The van der Waals surface area contributed by atoms with Gasteiger partial charge in [0.25, 0.3) is 0 Å². The van der Waals surface area contributed by atoms with E-state index in [1.807, 2.05) is 12.2 Å². The highest BCUT2D eigenvalue weighted by atomic mass is 16.3. The van der Waals surface area contributed by atoms with Crippen molar-refractivity contribution in [3.05, 3.63) is 24.8 Å². The van der Waals surface area contributed by atoms with Gasteiger partial charge in [-0.1, -0.05) is 38.3 Å². The predicted octanol–water partition coefficient (Wildman–Crippen LogP) is 2.35. The monoisotopic (exact) mass is 267 g/mol. The highest BCUT2D eigenvalue weighted by molar-refractivity contribution is 5.77. The number of hydrogen-bond donors (Lipinski definition) is 3. The minimum Gasteiger partial charge on any atom is -0.388 e. The Kier molecular flexibility index (Phi) is 11.2. The van der Waals surface area contributed by atoms with E-state index in [1.54, 1.807) is 13.0 Å². The van der Waals surface area contributed by atoms with Crippen molar-refractivity contribution in [1.29, 1.82) is 0 Å². The quantitative estimate of drug-likeness (QED) is 0.233. The standard InChI is InChI=1S/C15H29N3O/c1-4-6-7-8-12-17-14(5-2)10-9-11-15(19)18-13(3)16/h5,9,11,14-15,17,19H,2,4,6-8,10,12H2,1,3H3,(H2,16,18)/b11-9+. The van der Waals surface area contributed by atoms with Gasteiger partial charge in [0, 0.05) is 6.04 Å². The van der Waals surface area contributed by atoms with Crippen LogP contribution in [0, 0.1) is 0 Å². The van der Waals surface area contributed by atoms with E-state index in [2.05, 4.69) is 23.8 Å². The van der Waals surface area contributed by atoms with E-state index in [0.29, 0.717) is 5.84 Å². The molecule has 4 N–H and O–H groups in total. The minimum absolute atomic E-state index is 0.244. The van der Waals surface area contributed by atoms with E-state index in [0.717, 1.165) is 13.0 Å². The second-order valence-corrected chi connectivity index (χ2v) is 4.70. The molecule has 0 spiro atoms. The summed E-state index contributed by atoms with van der Waals surface area (Å²) in [7, 11) is 0. The number of nitrogens with one attached hydrogen (secondary N) is 1. The van der Waals surface area contributed by atoms with Crippen molar-refractivity contribution in [1.82, 2.24) is 5.32 Å². The predicted molar refractivity (Wildman–Crippen MR) is 83.2 cm³/mol. The van der Waals surface area contributed by atoms with E-state index >= 15 is 0 Å². The summed E-state index contributed by atoms with van der Waals surface area (Å²) in [5, 5.41) is 12.9. The van der Waals surface area contributed by atoms with Crippen molar-refractivity contribution in [3.8, 4) is 0 Å². The summed E-state index contributed by atoms with van der Waals surface area (Å²) in [6, 6.07) is 0.244. The smallest absolute Gasteiger partial charge is 0.166 e. The molecule has 0 aliphatic rings. The third kappa shape index (κ3) is 11.7. The zero-order valence-electron chi connectivity index (χ0n) is 12.3. The van der Waals surface area contributed by atoms with Crippen LogP contribution >= 0.6 is 0 Å². The molecule has 0 amide bonds. The molecule has 2 unspecified atom stereocenters. The molecule has 4 heteroatoms. The second-order valence-electron chi connectivity index (χ2n) is 4.70. The SMILES string of the molecule is C=CC(C/C=C/C(O)/N=C(/C)N)NCCCCCC. The van der Waals surface area contributed by atoms with Crippen molar-refractivity contribution in [3.63, 3.8) is 0 Å². The zero-order chi connectivity index (χ0) is 14.5. The summed E-state index contributed by atoms with van der Waals surface area (Å²) < 4.78 is 0. The Bertz CT molecular complexity index is 283. The molecular weight excluding hydrogens is 238 g/mol. The second kappa shape index (κ2) is 11.9. The van der Waals surface area contributed by atoms with E-state index in [4.69, 9.17) is 5.73 Å². The van der Waals surface area contributed by atoms with Gasteiger partial charge in [0.15, 0.2) is 6.23 Å². The Morgan fingerprint density at radius 3 is 2.74 bits per heavy atom. The van der Waals surface area contributed by atoms with Gasteiger partial charge in [0.1, 0.15) is 0 Å². The summed E-state index contributed by atoms with van der Waals surface area (Å²) in [6.45, 7) is 8.69. The highest BCUT2D eigenvalue weighted by Gasteiger charge is 2.01. The van der Waals surface area contributed by atoms with Crippen LogP contribution in [0.1, 0.15) is 46.0 Å². The van der Waals surface area contributed by atoms with Crippen molar-refractivity contribution in [2.45, 2.75) is 58.2 Å². The molecule has 0 aromatic carbocycles. The van der Waals surface area contributed by atoms with Crippen molar-refractivity contribution >= 4 is 5.84 Å². The van der Waals surface area contributed by atoms with Crippen LogP contribution in [0.5, 0.6) is 0 Å². The third-order valence-electron chi connectivity index (χ3n) is 2.76. The molecule has 2 atom stereocenters. The number of nitrogens with zero attached hydrogens (tertiary/aromatic N) is 1. The van der Waals surface area contributed by atoms with Gasteiger partial charge >= 0.3 is 0 Å². The molecule has 0 saturated carbocycles. The largest absolute Gasteiger partial charge is 0.388 e. The van der Waals surface area contributed by atoms with Crippen LogP contribution in [0.3, 0.4) is 0 Å². The molecule has 0 fully saturated rings. The van der Waals surface area contributed by atoms with Crippen LogP contribution in [-0.2, 0) is 0 Å². The van der Waals surface area contributed by atoms with Gasteiger partial charge in [0.05, 0.1) is 5.84 Å². The molecule has 4 nitrogen and oxygen atoms in total. The maximum atomic E-state index is 9.48. The molecule has 0 saturated heterocycles. The lowest BCUT2D eigenvalue weighted by Gasteiger charge is -2.12. The van der Waals surface area contributed by atoms with Crippen LogP contribution in [-0.4, -0.2) is 29.8 Å². The fraction of sp³-hybridized carbons (Fsp3) is 0.667. The number of aliphatic hydroxyl groups is 1. The molecule has 0 heterocycles. The molecule has 0 aliphatic carbocycles. The van der Waals surface area contributed by atoms with Crippen LogP contribution < -0.4 is 11.1 Å². The molecule has 19 heavy (non-hydrogen) atoms. The summed E-state index contributed by atoms with van der Waals surface area (Å²) in [4.78, 5) is 3.81. The number of hydrogen-bond acceptors (Lipinski definition) is 3. The van der Waals surface area contributed by atoms with Crippen LogP contribution in [0.2, 0.25) is 0 Å². The molecule has 0 bridgehead atoms. The van der Waals surface area contributed by atoms with Gasteiger partial charge < -0.3 is 16.2 Å². The van der Waals surface area contributed by atoms with Crippen molar-refractivity contribution < 1.29 is 5.11 Å². The topological polar surface area (TPSA) is 70.6 Å². The first-order valence-electron chi connectivity index (χ1n) is 7.10. The lowest BCUT2D eigenvalue weighted by molar-refractivity contribution is 0.233. The number of aliphatic imine (C=N–C) groups is 1. The fourth-order valence-electron chi connectivity index (χ4n) is 1.70. The van der Waals surface area contributed by atoms with Gasteiger partial charge in [-0.2, -0.15) is 0 Å². The Hall–Kier alpha value is -1.13. The summed E-state index contributed by atoms with van der Waals surface area (Å²) in [6.07, 6.45) is 10.4. The van der Waals surface area contributed by atoms with Gasteiger partial charge in [0.2, 0.25) is 0 Å². The lowest BCUT2D eigenvalue weighted by Crippen LogP contribution is -2.27. The number of rotatable bonds is 11. The number of amidine groups is 1. The molecule has 0 aromatic rings. The van der Waals surface area contributed by atoms with E-state index in [1.165, 1.54) is 25.7 Å². The summed E-state index contributed by atoms with van der Waals surface area (Å²) in [5.41, 5.74) is 5.38. The number of unbranched alkanes of at least 4 members (excludes halogenated alkanes) is 3. The number of aliphatic hydroxyl groups excluding tert-OH is 1. The Morgan fingerprint density at radius 2 is 2.16 bits per heavy atom. The van der Waals surface area contributed by atoms with Crippen molar-refractivity contribution in [2.24, 2.45) is 10.7 Å². The molecule has 0 aromatic heterocycles. The fourth-order valence-corrected chi connectivity index (χ4v) is 1.70. The molecule has 110 valence electrons. The first-order chi connectivity index (χ1) is 9.10. The van der Waals surface area contributed by atoms with Crippen molar-refractivity contribution in [2.75, 3.05) is 6.54 Å². The molecule has 0 aliphatic heterocycles. The van der Waals surface area contributed by atoms with E-state index in [-0.39, 0.29) is 6.04 Å². The van der Waals surface area contributed by atoms with Gasteiger partial charge in [-0.25, -0.2) is 4.99 Å². The number of nitrogens with two attached hydrogens (primary N) is 1. The lowest BCUT2D eigenvalue weighted by atomic mass is 10.1. The zero-order valence-corrected chi connectivity index (χ0v) is 12.3. The third-order valence-corrected chi connectivity index (χ3v) is 2.76. The van der Waals surface area contributed by atoms with E-state index in [9.17, 15) is 5.11 Å². The van der Waals surface area contributed by atoms with Crippen LogP contribution in [0.4, 0.5) is 0 Å². The Morgan fingerprint density at radius 1 is 1.42 bits per heavy atom. The summed E-state index contributed by atoms with van der Waals surface area (Å²) >= 11 is 0. The normalized spacial score (nSPS) is 15.6. The first-order valence-corrected chi connectivity index (χ1v) is 7.10.